The minimum Gasteiger partial charge on any atom is -0.429 e. The van der Waals surface area contributed by atoms with Crippen molar-refractivity contribution < 1.29 is 39.9 Å². The highest BCUT2D eigenvalue weighted by molar-refractivity contribution is 6.30. The second-order valence-corrected chi connectivity index (χ2v) is 11.1. The maximum absolute atomic E-state index is 15.1. The third kappa shape index (κ3) is 7.04. The van der Waals surface area contributed by atoms with E-state index in [1.807, 2.05) is 24.3 Å². The lowest BCUT2D eigenvalue weighted by molar-refractivity contribution is -0.189. The largest absolute Gasteiger partial charge is 0.432 e. The molecule has 5 aromatic rings. The first kappa shape index (κ1) is 33.0. The van der Waals surface area contributed by atoms with Gasteiger partial charge in [-0.2, -0.15) is 8.78 Å². The van der Waals surface area contributed by atoms with Gasteiger partial charge in [0.1, 0.15) is 46.2 Å². The van der Waals surface area contributed by atoms with Crippen molar-refractivity contribution in [3.8, 4) is 39.1 Å². The second kappa shape index (κ2) is 13.5. The third-order valence-corrected chi connectivity index (χ3v) is 7.75. The monoisotopic (exact) mass is 660 g/mol. The SMILES string of the molecule is CCCCCc1ccc(-c2ccc(-c3cc(F)c(C(F)(F)Oc4cc(F)c(-c5ccc(Cl)c(F)c5)c(F)c4)c(F)c3)c(F)c2)cc1. The molecule has 0 radical (unpaired) electrons. The molecule has 0 atom stereocenters. The van der Waals surface area contributed by atoms with E-state index in [0.717, 1.165) is 55.0 Å². The third-order valence-electron chi connectivity index (χ3n) is 7.44. The van der Waals surface area contributed by atoms with Gasteiger partial charge >= 0.3 is 6.11 Å². The van der Waals surface area contributed by atoms with Gasteiger partial charge in [-0.05, 0) is 71.0 Å². The van der Waals surface area contributed by atoms with Crippen LogP contribution in [0.5, 0.6) is 5.75 Å². The van der Waals surface area contributed by atoms with E-state index in [1.165, 1.54) is 18.2 Å². The number of rotatable bonds is 10. The molecular formula is C36H25ClF8O. The van der Waals surface area contributed by atoms with Gasteiger partial charge in [-0.25, -0.2) is 26.3 Å². The van der Waals surface area contributed by atoms with Crippen LogP contribution in [-0.2, 0) is 12.5 Å². The van der Waals surface area contributed by atoms with E-state index in [2.05, 4.69) is 11.7 Å². The van der Waals surface area contributed by atoms with Gasteiger partial charge in [0.2, 0.25) is 0 Å². The molecule has 0 aliphatic rings. The highest BCUT2D eigenvalue weighted by atomic mass is 35.5. The molecule has 0 aromatic heterocycles. The molecule has 10 heteroatoms. The van der Waals surface area contributed by atoms with Crippen LogP contribution < -0.4 is 4.74 Å². The Bertz CT molecular complexity index is 1840. The van der Waals surface area contributed by atoms with Crippen LogP contribution in [0.25, 0.3) is 33.4 Å². The first-order valence-corrected chi connectivity index (χ1v) is 14.7. The molecule has 0 unspecified atom stereocenters. The molecule has 0 fully saturated rings. The first-order chi connectivity index (χ1) is 21.9. The summed E-state index contributed by atoms with van der Waals surface area (Å²) in [4.78, 5) is 0. The fourth-order valence-corrected chi connectivity index (χ4v) is 5.23. The van der Waals surface area contributed by atoms with Gasteiger partial charge in [0, 0.05) is 17.7 Å². The Morgan fingerprint density at radius 2 is 1.15 bits per heavy atom. The fourth-order valence-electron chi connectivity index (χ4n) is 5.11. The van der Waals surface area contributed by atoms with Crippen molar-refractivity contribution in [3.05, 3.63) is 136 Å². The summed E-state index contributed by atoms with van der Waals surface area (Å²) in [6.45, 7) is 2.12. The fraction of sp³-hybridized carbons (Fsp3) is 0.167. The van der Waals surface area contributed by atoms with E-state index in [1.54, 1.807) is 0 Å². The average molecular weight is 661 g/mol. The number of halogens is 9. The molecule has 46 heavy (non-hydrogen) atoms. The van der Waals surface area contributed by atoms with Gasteiger partial charge in [-0.15, -0.1) is 0 Å². The smallest absolute Gasteiger partial charge is 0.429 e. The van der Waals surface area contributed by atoms with Crippen LogP contribution >= 0.6 is 11.6 Å². The lowest BCUT2D eigenvalue weighted by Crippen LogP contribution is -2.25. The summed E-state index contributed by atoms with van der Waals surface area (Å²) in [5.74, 6) is -9.30. The van der Waals surface area contributed by atoms with E-state index < -0.39 is 57.9 Å². The van der Waals surface area contributed by atoms with Crippen LogP contribution in [-0.4, -0.2) is 0 Å². The van der Waals surface area contributed by atoms with E-state index in [9.17, 15) is 13.2 Å². The van der Waals surface area contributed by atoms with Gasteiger partial charge in [-0.1, -0.05) is 73.8 Å². The summed E-state index contributed by atoms with van der Waals surface area (Å²) in [7, 11) is 0. The van der Waals surface area contributed by atoms with Crippen LogP contribution in [0.15, 0.2) is 84.9 Å². The van der Waals surface area contributed by atoms with Crippen LogP contribution in [0.2, 0.25) is 5.02 Å². The van der Waals surface area contributed by atoms with E-state index in [4.69, 9.17) is 11.6 Å². The number of alkyl halides is 2. The Morgan fingerprint density at radius 1 is 0.587 bits per heavy atom. The number of hydrogen-bond donors (Lipinski definition) is 0. The Balaban J connectivity index is 1.38. The molecule has 5 rings (SSSR count). The van der Waals surface area contributed by atoms with Crippen molar-refractivity contribution in [2.75, 3.05) is 0 Å². The quantitative estimate of drug-likeness (QED) is 0.107. The maximum Gasteiger partial charge on any atom is 0.432 e. The molecule has 0 N–H and O–H groups in total. The van der Waals surface area contributed by atoms with Crippen molar-refractivity contribution >= 4 is 11.6 Å². The van der Waals surface area contributed by atoms with Crippen LogP contribution in [0.4, 0.5) is 35.1 Å². The highest BCUT2D eigenvalue weighted by Gasteiger charge is 2.41. The minimum absolute atomic E-state index is 0.244. The van der Waals surface area contributed by atoms with Gasteiger partial charge in [0.05, 0.1) is 10.6 Å². The molecule has 0 heterocycles. The van der Waals surface area contributed by atoms with Gasteiger partial charge in [-0.3, -0.25) is 0 Å². The molecule has 0 amide bonds. The number of ether oxygens (including phenoxy) is 1. The topological polar surface area (TPSA) is 9.23 Å². The minimum atomic E-state index is -4.75. The zero-order valence-corrected chi connectivity index (χ0v) is 25.0. The maximum atomic E-state index is 15.1. The Labute approximate surface area is 265 Å². The summed E-state index contributed by atoms with van der Waals surface area (Å²) in [6, 6.07) is 16.2. The van der Waals surface area contributed by atoms with Crippen LogP contribution in [0.3, 0.4) is 0 Å². The van der Waals surface area contributed by atoms with Crippen molar-refractivity contribution in [1.29, 1.82) is 0 Å². The number of aryl methyl sites for hydroxylation is 1. The van der Waals surface area contributed by atoms with Crippen molar-refractivity contribution in [2.45, 2.75) is 38.7 Å². The predicted octanol–water partition coefficient (Wildman–Crippen LogP) is 12.0. The number of benzene rings is 5. The summed E-state index contributed by atoms with van der Waals surface area (Å²) >= 11 is 5.58. The zero-order valence-electron chi connectivity index (χ0n) is 24.2. The normalized spacial score (nSPS) is 11.6. The molecule has 1 nitrogen and oxygen atoms in total. The standard InChI is InChI=1S/C36H25ClF8O/c1-2-3-4-5-20-6-8-21(9-7-20)22-10-12-26(28(38)14-22)24-16-32(42)35(33(43)17-24)36(44,45)46-25-18-30(40)34(31(41)19-25)23-11-13-27(37)29(39)15-23/h6-19H,2-5H2,1H3. The first-order valence-electron chi connectivity index (χ1n) is 14.3. The number of unbranched alkanes of at least 4 members (excludes halogenated alkanes) is 2. The lowest BCUT2D eigenvalue weighted by Gasteiger charge is -2.20. The summed E-state index contributed by atoms with van der Waals surface area (Å²) in [6.07, 6.45) is -0.548. The molecule has 0 bridgehead atoms. The van der Waals surface area contributed by atoms with Gasteiger partial charge < -0.3 is 4.74 Å². The van der Waals surface area contributed by atoms with Crippen molar-refractivity contribution in [2.24, 2.45) is 0 Å². The highest BCUT2D eigenvalue weighted by Crippen LogP contribution is 2.40. The van der Waals surface area contributed by atoms with E-state index in [0.29, 0.717) is 29.8 Å². The summed E-state index contributed by atoms with van der Waals surface area (Å²) < 4.78 is 123. The van der Waals surface area contributed by atoms with Crippen LogP contribution in [0.1, 0.15) is 37.3 Å². The summed E-state index contributed by atoms with van der Waals surface area (Å²) in [5, 5.41) is -0.308. The zero-order chi connectivity index (χ0) is 33.2. The molecule has 0 aliphatic carbocycles. The molecule has 238 valence electrons. The Hall–Kier alpha value is -4.37. The van der Waals surface area contributed by atoms with Crippen LogP contribution in [0, 0.1) is 34.9 Å². The molecule has 0 saturated carbocycles. The Morgan fingerprint density at radius 3 is 1.74 bits per heavy atom. The average Bonchev–Trinajstić information content (AvgIpc) is 2.98. The molecule has 5 aromatic carbocycles. The van der Waals surface area contributed by atoms with Crippen molar-refractivity contribution in [1.82, 2.24) is 0 Å². The lowest BCUT2D eigenvalue weighted by atomic mass is 9.97. The Kier molecular flexibility index (Phi) is 9.72. The predicted molar refractivity (Wildman–Crippen MR) is 162 cm³/mol. The van der Waals surface area contributed by atoms with Crippen molar-refractivity contribution in [3.63, 3.8) is 0 Å². The van der Waals surface area contributed by atoms with E-state index >= 15 is 22.0 Å². The molecular weight excluding hydrogens is 636 g/mol. The van der Waals surface area contributed by atoms with E-state index in [-0.39, 0.29) is 21.7 Å². The second-order valence-electron chi connectivity index (χ2n) is 10.7. The summed E-state index contributed by atoms with van der Waals surface area (Å²) in [5.41, 5.74) is -1.13. The molecule has 0 spiro atoms. The number of hydrogen-bond acceptors (Lipinski definition) is 1. The van der Waals surface area contributed by atoms with Gasteiger partial charge in [0.15, 0.2) is 0 Å². The molecule has 0 saturated heterocycles. The van der Waals surface area contributed by atoms with Gasteiger partial charge in [0.25, 0.3) is 0 Å². The molecule has 0 aliphatic heterocycles.